The number of hydrogen-bond donors (Lipinski definition) is 1. The number of likely N-dealkylation sites (N-methyl/N-ethyl adjacent to an activating group) is 1. The van der Waals surface area contributed by atoms with Crippen molar-refractivity contribution < 1.29 is 13.9 Å². The highest BCUT2D eigenvalue weighted by molar-refractivity contribution is 5.31. The van der Waals surface area contributed by atoms with E-state index in [4.69, 9.17) is 9.47 Å². The summed E-state index contributed by atoms with van der Waals surface area (Å²) >= 11 is 0. The smallest absolute Gasteiger partial charge is 0.168 e. The quantitative estimate of drug-likeness (QED) is 0.858. The molecule has 1 aromatic carbocycles. The first kappa shape index (κ1) is 14.3. The molecule has 0 aliphatic carbocycles. The van der Waals surface area contributed by atoms with Crippen molar-refractivity contribution in [3.63, 3.8) is 0 Å². The Hall–Kier alpha value is -1.13. The molecule has 0 saturated carbocycles. The molecule has 0 amide bonds. The molecule has 1 saturated heterocycles. The van der Waals surface area contributed by atoms with Gasteiger partial charge in [-0.05, 0) is 31.0 Å². The number of halogens is 1. The molecule has 1 aliphatic rings. The number of ether oxygens (including phenoxy) is 2. The van der Waals surface area contributed by atoms with Crippen LogP contribution in [0.2, 0.25) is 0 Å². The zero-order valence-electron chi connectivity index (χ0n) is 11.6. The minimum Gasteiger partial charge on any atom is -0.494 e. The second kappa shape index (κ2) is 6.87. The van der Waals surface area contributed by atoms with Crippen molar-refractivity contribution in [1.29, 1.82) is 0 Å². The molecule has 0 radical (unpaired) electrons. The Morgan fingerprint density at radius 1 is 1.53 bits per heavy atom. The highest BCUT2D eigenvalue weighted by Gasteiger charge is 2.26. The van der Waals surface area contributed by atoms with Crippen molar-refractivity contribution >= 4 is 0 Å². The molecular weight excluding hydrogens is 245 g/mol. The standard InChI is InChI=1S/C15H22FNO2/c1-3-17-13(12-7-8-19-10-12)9-11-5-4-6-14(18-2)15(11)16/h4-6,12-13,17H,3,7-10H2,1-2H3. The van der Waals surface area contributed by atoms with Gasteiger partial charge >= 0.3 is 0 Å². The lowest BCUT2D eigenvalue weighted by molar-refractivity contribution is 0.176. The van der Waals surface area contributed by atoms with Crippen LogP contribution in [0.4, 0.5) is 4.39 Å². The van der Waals surface area contributed by atoms with Gasteiger partial charge in [0.05, 0.1) is 13.7 Å². The fourth-order valence-corrected chi connectivity index (χ4v) is 2.65. The molecule has 2 unspecified atom stereocenters. The molecule has 1 fully saturated rings. The Bertz CT molecular complexity index is 405. The van der Waals surface area contributed by atoms with Crippen LogP contribution in [0.3, 0.4) is 0 Å². The fraction of sp³-hybridized carbons (Fsp3) is 0.600. The van der Waals surface area contributed by atoms with Crippen LogP contribution in [0.15, 0.2) is 18.2 Å². The summed E-state index contributed by atoms with van der Waals surface area (Å²) in [5.41, 5.74) is 0.706. The molecule has 1 heterocycles. The molecule has 1 aliphatic heterocycles. The van der Waals surface area contributed by atoms with Gasteiger partial charge in [0.25, 0.3) is 0 Å². The summed E-state index contributed by atoms with van der Waals surface area (Å²) in [4.78, 5) is 0. The van der Waals surface area contributed by atoms with Crippen LogP contribution < -0.4 is 10.1 Å². The first-order valence-corrected chi connectivity index (χ1v) is 6.88. The van der Waals surface area contributed by atoms with Gasteiger partial charge in [-0.3, -0.25) is 0 Å². The Labute approximate surface area is 114 Å². The van der Waals surface area contributed by atoms with E-state index in [1.54, 1.807) is 6.07 Å². The third-order valence-corrected chi connectivity index (χ3v) is 3.70. The van der Waals surface area contributed by atoms with E-state index in [2.05, 4.69) is 12.2 Å². The molecule has 3 nitrogen and oxygen atoms in total. The summed E-state index contributed by atoms with van der Waals surface area (Å²) in [6, 6.07) is 5.58. The summed E-state index contributed by atoms with van der Waals surface area (Å²) in [6.45, 7) is 4.54. The zero-order valence-corrected chi connectivity index (χ0v) is 11.6. The third kappa shape index (κ3) is 3.45. The maximum atomic E-state index is 14.2. The Balaban J connectivity index is 2.11. The summed E-state index contributed by atoms with van der Waals surface area (Å²) in [7, 11) is 1.49. The molecular formula is C15H22FNO2. The summed E-state index contributed by atoms with van der Waals surface area (Å²) in [6.07, 6.45) is 1.72. The summed E-state index contributed by atoms with van der Waals surface area (Å²) < 4.78 is 24.6. The third-order valence-electron chi connectivity index (χ3n) is 3.70. The van der Waals surface area contributed by atoms with E-state index < -0.39 is 0 Å². The lowest BCUT2D eigenvalue weighted by Gasteiger charge is -2.23. The van der Waals surface area contributed by atoms with Gasteiger partial charge in [0.1, 0.15) is 0 Å². The second-order valence-electron chi connectivity index (χ2n) is 4.93. The lowest BCUT2D eigenvalue weighted by atomic mass is 9.92. The van der Waals surface area contributed by atoms with Crippen molar-refractivity contribution in [3.8, 4) is 5.75 Å². The van der Waals surface area contributed by atoms with Gasteiger partial charge in [-0.2, -0.15) is 0 Å². The maximum Gasteiger partial charge on any atom is 0.168 e. The fourth-order valence-electron chi connectivity index (χ4n) is 2.65. The molecule has 4 heteroatoms. The van der Waals surface area contributed by atoms with Crippen LogP contribution in [0.1, 0.15) is 18.9 Å². The molecule has 0 spiro atoms. The SMILES string of the molecule is CCNC(Cc1cccc(OC)c1F)C1CCOC1. The van der Waals surface area contributed by atoms with Gasteiger partial charge in [0.2, 0.25) is 0 Å². The number of methoxy groups -OCH3 is 1. The number of rotatable bonds is 6. The van der Waals surface area contributed by atoms with Crippen LogP contribution in [0.5, 0.6) is 5.75 Å². The minimum atomic E-state index is -0.244. The Morgan fingerprint density at radius 2 is 2.37 bits per heavy atom. The predicted octanol–water partition coefficient (Wildman–Crippen LogP) is 2.39. The average Bonchev–Trinajstić information content (AvgIpc) is 2.94. The number of benzene rings is 1. The van der Waals surface area contributed by atoms with Crippen molar-refractivity contribution in [2.45, 2.75) is 25.8 Å². The minimum absolute atomic E-state index is 0.244. The first-order valence-electron chi connectivity index (χ1n) is 6.88. The van der Waals surface area contributed by atoms with Gasteiger partial charge in [0.15, 0.2) is 11.6 Å². The Morgan fingerprint density at radius 3 is 3.00 bits per heavy atom. The molecule has 1 aromatic rings. The van der Waals surface area contributed by atoms with Crippen LogP contribution in [0.25, 0.3) is 0 Å². The van der Waals surface area contributed by atoms with E-state index in [0.29, 0.717) is 23.7 Å². The van der Waals surface area contributed by atoms with Crippen LogP contribution in [0, 0.1) is 11.7 Å². The number of hydrogen-bond acceptors (Lipinski definition) is 3. The van der Waals surface area contributed by atoms with Gasteiger partial charge < -0.3 is 14.8 Å². The van der Waals surface area contributed by atoms with E-state index in [0.717, 1.165) is 26.2 Å². The van der Waals surface area contributed by atoms with E-state index in [1.165, 1.54) is 7.11 Å². The van der Waals surface area contributed by atoms with Crippen LogP contribution >= 0.6 is 0 Å². The lowest BCUT2D eigenvalue weighted by Crippen LogP contribution is -2.38. The Kier molecular flexibility index (Phi) is 5.16. The van der Waals surface area contributed by atoms with E-state index in [1.807, 2.05) is 12.1 Å². The molecule has 1 N–H and O–H groups in total. The highest BCUT2D eigenvalue weighted by Crippen LogP contribution is 2.25. The monoisotopic (exact) mass is 267 g/mol. The first-order chi connectivity index (χ1) is 9.26. The van der Waals surface area contributed by atoms with Crippen LogP contribution in [-0.4, -0.2) is 32.9 Å². The zero-order chi connectivity index (χ0) is 13.7. The molecule has 0 bridgehead atoms. The summed E-state index contributed by atoms with van der Waals surface area (Å²) in [5.74, 6) is 0.535. The van der Waals surface area contributed by atoms with Gasteiger partial charge in [-0.25, -0.2) is 4.39 Å². The maximum absolute atomic E-state index is 14.2. The normalized spacial score (nSPS) is 20.5. The van der Waals surface area contributed by atoms with Crippen molar-refractivity contribution in [3.05, 3.63) is 29.6 Å². The van der Waals surface area contributed by atoms with Gasteiger partial charge in [-0.1, -0.05) is 19.1 Å². The van der Waals surface area contributed by atoms with Gasteiger partial charge in [0, 0.05) is 18.6 Å². The van der Waals surface area contributed by atoms with Crippen molar-refractivity contribution in [2.75, 3.05) is 26.9 Å². The van der Waals surface area contributed by atoms with E-state index >= 15 is 0 Å². The molecule has 106 valence electrons. The number of nitrogens with one attached hydrogen (secondary N) is 1. The second-order valence-corrected chi connectivity index (χ2v) is 4.93. The molecule has 19 heavy (non-hydrogen) atoms. The largest absolute Gasteiger partial charge is 0.494 e. The molecule has 0 aromatic heterocycles. The molecule has 2 atom stereocenters. The van der Waals surface area contributed by atoms with Crippen molar-refractivity contribution in [2.24, 2.45) is 5.92 Å². The predicted molar refractivity (Wildman–Crippen MR) is 73.0 cm³/mol. The topological polar surface area (TPSA) is 30.5 Å². The molecule has 2 rings (SSSR count). The highest BCUT2D eigenvalue weighted by atomic mass is 19.1. The summed E-state index contributed by atoms with van der Waals surface area (Å²) in [5, 5.41) is 3.45. The van der Waals surface area contributed by atoms with Crippen molar-refractivity contribution in [1.82, 2.24) is 5.32 Å². The average molecular weight is 267 g/mol. The van der Waals surface area contributed by atoms with Gasteiger partial charge in [-0.15, -0.1) is 0 Å². The van der Waals surface area contributed by atoms with Crippen LogP contribution in [-0.2, 0) is 11.2 Å². The van der Waals surface area contributed by atoms with E-state index in [9.17, 15) is 4.39 Å². The van der Waals surface area contributed by atoms with E-state index in [-0.39, 0.29) is 11.9 Å².